The van der Waals surface area contributed by atoms with Crippen LogP contribution in [0.2, 0.25) is 0 Å². The molecular weight excluding hydrogens is 338 g/mol. The van der Waals surface area contributed by atoms with Crippen molar-refractivity contribution in [2.45, 2.75) is 97.9 Å². The van der Waals surface area contributed by atoms with Crippen LogP contribution in [0, 0.1) is 40.9 Å². The van der Waals surface area contributed by atoms with Gasteiger partial charge < -0.3 is 5.32 Å². The van der Waals surface area contributed by atoms with E-state index in [4.69, 9.17) is 0 Å². The van der Waals surface area contributed by atoms with Gasteiger partial charge in [-0.15, -0.1) is 0 Å². The highest BCUT2D eigenvalue weighted by Gasteiger charge is 2.53. The molecule has 1 heterocycles. The first-order valence-electron chi connectivity index (χ1n) is 12.6. The molecule has 8 atom stereocenters. The predicted molar refractivity (Wildman–Crippen MR) is 119 cm³/mol. The van der Waals surface area contributed by atoms with Crippen molar-refractivity contribution in [1.29, 1.82) is 0 Å². The molecule has 1 unspecified atom stereocenters. The summed E-state index contributed by atoms with van der Waals surface area (Å²) in [6, 6.07) is 0.751. The molecule has 0 spiro atoms. The fourth-order valence-corrected chi connectivity index (χ4v) is 8.46. The standard InChI is InChI=1S/C27H43N/c1-17-8-13-26(28-16-17)19(3)21-11-12-22-23-10-9-20-7-5-6-14-27(20,4)25(23)15-24(22)18(21)2/h9,17,19,21-23,25-26,28H,5-8,10-16H2,1-4H3/t17-,19-,21+,22-,23-,25-,26+,27?/m0/s1. The summed E-state index contributed by atoms with van der Waals surface area (Å²) in [6.07, 6.45) is 17.0. The van der Waals surface area contributed by atoms with Crippen molar-refractivity contribution >= 4 is 0 Å². The smallest absolute Gasteiger partial charge is 0.00986 e. The molecule has 1 N–H and O–H groups in total. The molecule has 2 saturated carbocycles. The number of rotatable bonds is 2. The summed E-state index contributed by atoms with van der Waals surface area (Å²) in [5.74, 6) is 5.34. The first kappa shape index (κ1) is 19.4. The van der Waals surface area contributed by atoms with Gasteiger partial charge in [-0.05, 0) is 112 Å². The van der Waals surface area contributed by atoms with Crippen molar-refractivity contribution in [2.24, 2.45) is 40.9 Å². The van der Waals surface area contributed by atoms with Gasteiger partial charge in [0.25, 0.3) is 0 Å². The molecule has 3 fully saturated rings. The number of hydrogen-bond acceptors (Lipinski definition) is 1. The molecule has 1 aliphatic heterocycles. The minimum Gasteiger partial charge on any atom is -0.313 e. The van der Waals surface area contributed by atoms with E-state index in [1.807, 2.05) is 16.7 Å². The summed E-state index contributed by atoms with van der Waals surface area (Å²) < 4.78 is 0. The molecule has 5 rings (SSSR count). The largest absolute Gasteiger partial charge is 0.313 e. The van der Waals surface area contributed by atoms with E-state index in [0.29, 0.717) is 5.41 Å². The molecule has 0 aromatic heterocycles. The normalized spacial score (nSPS) is 47.1. The monoisotopic (exact) mass is 381 g/mol. The van der Waals surface area contributed by atoms with E-state index < -0.39 is 0 Å². The Kier molecular flexibility index (Phi) is 5.05. The topological polar surface area (TPSA) is 12.0 Å². The average Bonchev–Trinajstić information content (AvgIpc) is 3.09. The van der Waals surface area contributed by atoms with Gasteiger partial charge in [0.15, 0.2) is 0 Å². The molecule has 0 radical (unpaired) electrons. The van der Waals surface area contributed by atoms with E-state index >= 15 is 0 Å². The lowest BCUT2D eigenvalue weighted by Crippen LogP contribution is -2.45. The lowest BCUT2D eigenvalue weighted by Gasteiger charge is -2.48. The number of hydrogen-bond donors (Lipinski definition) is 1. The first-order chi connectivity index (χ1) is 13.5. The van der Waals surface area contributed by atoms with Crippen molar-refractivity contribution < 1.29 is 0 Å². The van der Waals surface area contributed by atoms with Crippen molar-refractivity contribution in [3.8, 4) is 0 Å². The predicted octanol–water partition coefficient (Wildman–Crippen LogP) is 6.90. The van der Waals surface area contributed by atoms with Gasteiger partial charge in [-0.25, -0.2) is 0 Å². The van der Waals surface area contributed by atoms with Crippen LogP contribution >= 0.6 is 0 Å². The van der Waals surface area contributed by atoms with E-state index in [-0.39, 0.29) is 0 Å². The first-order valence-corrected chi connectivity index (χ1v) is 12.6. The minimum atomic E-state index is 0.536. The van der Waals surface area contributed by atoms with Gasteiger partial charge in [-0.2, -0.15) is 0 Å². The second kappa shape index (κ2) is 7.29. The SMILES string of the molecule is CC1=C2C[C@H]3[C@@H](CC=C4CCCCC43C)[C@@H]2CC[C@H]1[C@H](C)[C@H]1CC[C@H](C)CN1. The van der Waals surface area contributed by atoms with E-state index in [0.717, 1.165) is 41.5 Å². The highest BCUT2D eigenvalue weighted by atomic mass is 14.9. The van der Waals surface area contributed by atoms with Crippen LogP contribution in [0.4, 0.5) is 0 Å². The van der Waals surface area contributed by atoms with Crippen molar-refractivity contribution in [2.75, 3.05) is 6.54 Å². The third-order valence-corrected chi connectivity index (χ3v) is 10.3. The van der Waals surface area contributed by atoms with Crippen LogP contribution in [-0.4, -0.2) is 12.6 Å². The van der Waals surface area contributed by atoms with Gasteiger partial charge >= 0.3 is 0 Å². The van der Waals surface area contributed by atoms with Crippen LogP contribution in [0.25, 0.3) is 0 Å². The lowest BCUT2D eigenvalue weighted by atomic mass is 9.57. The second-order valence-corrected chi connectivity index (χ2v) is 11.6. The van der Waals surface area contributed by atoms with E-state index in [1.165, 1.54) is 70.8 Å². The molecular formula is C27H43N. The zero-order chi connectivity index (χ0) is 19.5. The van der Waals surface area contributed by atoms with Crippen LogP contribution < -0.4 is 5.32 Å². The van der Waals surface area contributed by atoms with Crippen molar-refractivity contribution in [3.05, 3.63) is 22.8 Å². The molecule has 1 saturated heterocycles. The van der Waals surface area contributed by atoms with E-state index in [1.54, 1.807) is 0 Å². The van der Waals surface area contributed by atoms with Crippen LogP contribution in [0.15, 0.2) is 22.8 Å². The van der Waals surface area contributed by atoms with Gasteiger partial charge in [0.05, 0.1) is 0 Å². The summed E-state index contributed by atoms with van der Waals surface area (Å²) in [5, 5.41) is 3.91. The fraction of sp³-hybridized carbons (Fsp3) is 0.852. The molecule has 0 aromatic carbocycles. The quantitative estimate of drug-likeness (QED) is 0.513. The zero-order valence-corrected chi connectivity index (χ0v) is 18.9. The van der Waals surface area contributed by atoms with Crippen LogP contribution in [0.3, 0.4) is 0 Å². The van der Waals surface area contributed by atoms with Crippen LogP contribution in [0.1, 0.15) is 91.9 Å². The van der Waals surface area contributed by atoms with Gasteiger partial charge in [0.1, 0.15) is 0 Å². The average molecular weight is 382 g/mol. The summed E-state index contributed by atoms with van der Waals surface area (Å²) in [4.78, 5) is 0. The van der Waals surface area contributed by atoms with Crippen molar-refractivity contribution in [1.82, 2.24) is 5.32 Å². The minimum absolute atomic E-state index is 0.536. The molecule has 0 amide bonds. The summed E-state index contributed by atoms with van der Waals surface area (Å²) in [6.45, 7) is 11.4. The van der Waals surface area contributed by atoms with Gasteiger partial charge in [-0.1, -0.05) is 50.0 Å². The maximum absolute atomic E-state index is 3.91. The zero-order valence-electron chi connectivity index (χ0n) is 18.9. The number of nitrogens with one attached hydrogen (secondary N) is 1. The maximum Gasteiger partial charge on any atom is 0.00986 e. The van der Waals surface area contributed by atoms with E-state index in [9.17, 15) is 0 Å². The Labute approximate surface area is 173 Å². The number of allylic oxidation sites excluding steroid dienone is 4. The maximum atomic E-state index is 3.91. The van der Waals surface area contributed by atoms with Crippen molar-refractivity contribution in [3.63, 3.8) is 0 Å². The van der Waals surface area contributed by atoms with E-state index in [2.05, 4.69) is 39.1 Å². The lowest BCUT2D eigenvalue weighted by molar-refractivity contribution is 0.110. The summed E-state index contributed by atoms with van der Waals surface area (Å²) >= 11 is 0. The molecule has 1 heteroatoms. The van der Waals surface area contributed by atoms with Crippen LogP contribution in [0.5, 0.6) is 0 Å². The highest BCUT2D eigenvalue weighted by Crippen LogP contribution is 2.63. The number of fused-ring (bicyclic) bond motifs is 5. The van der Waals surface area contributed by atoms with Gasteiger partial charge in [0.2, 0.25) is 0 Å². The second-order valence-electron chi connectivity index (χ2n) is 11.6. The number of piperidine rings is 1. The fourth-order valence-electron chi connectivity index (χ4n) is 8.46. The van der Waals surface area contributed by atoms with Crippen LogP contribution in [-0.2, 0) is 0 Å². The molecule has 4 aliphatic carbocycles. The molecule has 1 nitrogen and oxygen atoms in total. The Morgan fingerprint density at radius 2 is 2.00 bits per heavy atom. The third-order valence-electron chi connectivity index (χ3n) is 10.3. The Balaban J connectivity index is 1.38. The Hall–Kier alpha value is -0.560. The third kappa shape index (κ3) is 2.98. The summed E-state index contributed by atoms with van der Waals surface area (Å²) in [7, 11) is 0. The molecule has 28 heavy (non-hydrogen) atoms. The molecule has 0 bridgehead atoms. The summed E-state index contributed by atoms with van der Waals surface area (Å²) in [5.41, 5.74) is 6.15. The molecule has 5 aliphatic rings. The molecule has 156 valence electrons. The Bertz CT molecular complexity index is 664. The molecule has 0 aromatic rings. The highest BCUT2D eigenvalue weighted by molar-refractivity contribution is 5.33. The Morgan fingerprint density at radius 3 is 2.79 bits per heavy atom. The van der Waals surface area contributed by atoms with Gasteiger partial charge in [-0.3, -0.25) is 0 Å². The van der Waals surface area contributed by atoms with Gasteiger partial charge in [0, 0.05) is 6.04 Å². The Morgan fingerprint density at radius 1 is 1.14 bits per heavy atom.